The highest BCUT2D eigenvalue weighted by Crippen LogP contribution is 2.27. The third kappa shape index (κ3) is 2.05. The van der Waals surface area contributed by atoms with Crippen LogP contribution in [0.25, 0.3) is 11.0 Å². The van der Waals surface area contributed by atoms with Gasteiger partial charge in [-0.1, -0.05) is 19.8 Å². The molecule has 0 unspecified atom stereocenters. The van der Waals surface area contributed by atoms with Crippen LogP contribution in [0.15, 0.2) is 12.5 Å². The van der Waals surface area contributed by atoms with Gasteiger partial charge >= 0.3 is 0 Å². The molecule has 1 N–H and O–H groups in total. The van der Waals surface area contributed by atoms with Crippen molar-refractivity contribution in [2.24, 2.45) is 13.0 Å². The average molecular weight is 245 g/mol. The van der Waals surface area contributed by atoms with Crippen LogP contribution in [0, 0.1) is 5.92 Å². The molecule has 0 spiro atoms. The summed E-state index contributed by atoms with van der Waals surface area (Å²) in [6, 6.07) is 0.534. The summed E-state index contributed by atoms with van der Waals surface area (Å²) in [5.41, 5.74) is 0.886. The van der Waals surface area contributed by atoms with Crippen LogP contribution in [-0.2, 0) is 7.05 Å². The molecule has 1 saturated carbocycles. The molecule has 1 fully saturated rings. The number of aromatic nitrogens is 4. The van der Waals surface area contributed by atoms with Gasteiger partial charge in [0.2, 0.25) is 0 Å². The van der Waals surface area contributed by atoms with E-state index in [2.05, 4.69) is 27.3 Å². The summed E-state index contributed by atoms with van der Waals surface area (Å²) in [5, 5.41) is 8.81. The van der Waals surface area contributed by atoms with E-state index in [1.165, 1.54) is 25.7 Å². The second-order valence-corrected chi connectivity index (χ2v) is 5.34. The lowest BCUT2D eigenvalue weighted by Crippen LogP contribution is -2.26. The number of rotatable bonds is 2. The van der Waals surface area contributed by atoms with Crippen molar-refractivity contribution in [3.8, 4) is 0 Å². The Morgan fingerprint density at radius 3 is 3.06 bits per heavy atom. The van der Waals surface area contributed by atoms with Crippen LogP contribution in [0.1, 0.15) is 32.6 Å². The van der Waals surface area contributed by atoms with Gasteiger partial charge in [-0.3, -0.25) is 4.68 Å². The van der Waals surface area contributed by atoms with Crippen LogP contribution in [0.4, 0.5) is 5.82 Å². The highest BCUT2D eigenvalue weighted by Gasteiger charge is 2.20. The maximum absolute atomic E-state index is 4.36. The molecule has 0 aromatic carbocycles. The number of hydrogen-bond donors (Lipinski definition) is 1. The Morgan fingerprint density at radius 2 is 2.22 bits per heavy atom. The lowest BCUT2D eigenvalue weighted by atomic mass is 9.87. The van der Waals surface area contributed by atoms with E-state index in [1.54, 1.807) is 11.0 Å². The molecule has 18 heavy (non-hydrogen) atoms. The Balaban J connectivity index is 1.86. The van der Waals surface area contributed by atoms with Crippen LogP contribution < -0.4 is 5.32 Å². The number of nitrogens with one attached hydrogen (secondary N) is 1. The van der Waals surface area contributed by atoms with Gasteiger partial charge in [0.1, 0.15) is 12.1 Å². The predicted molar refractivity (Wildman–Crippen MR) is 71.3 cm³/mol. The zero-order valence-corrected chi connectivity index (χ0v) is 10.9. The molecule has 2 heterocycles. The Morgan fingerprint density at radius 1 is 1.33 bits per heavy atom. The highest BCUT2D eigenvalue weighted by molar-refractivity contribution is 5.86. The average Bonchev–Trinajstić information content (AvgIpc) is 2.73. The Bertz CT molecular complexity index is 547. The monoisotopic (exact) mass is 245 g/mol. The minimum atomic E-state index is 0.534. The third-order valence-corrected chi connectivity index (χ3v) is 3.81. The molecule has 2 aromatic heterocycles. The molecule has 0 amide bonds. The first-order chi connectivity index (χ1) is 8.74. The second kappa shape index (κ2) is 4.55. The molecular formula is C13H19N5. The topological polar surface area (TPSA) is 55.6 Å². The third-order valence-electron chi connectivity index (χ3n) is 3.81. The lowest BCUT2D eigenvalue weighted by Gasteiger charge is -2.27. The number of aryl methyl sites for hydroxylation is 1. The second-order valence-electron chi connectivity index (χ2n) is 5.34. The van der Waals surface area contributed by atoms with E-state index in [0.29, 0.717) is 6.04 Å². The molecule has 0 saturated heterocycles. The smallest absolute Gasteiger partial charge is 0.163 e. The van der Waals surface area contributed by atoms with Gasteiger partial charge in [-0.2, -0.15) is 5.10 Å². The van der Waals surface area contributed by atoms with Crippen LogP contribution in [0.3, 0.4) is 0 Å². The number of anilines is 1. The first-order valence-electron chi connectivity index (χ1n) is 6.63. The van der Waals surface area contributed by atoms with Crippen molar-refractivity contribution < 1.29 is 0 Å². The summed E-state index contributed by atoms with van der Waals surface area (Å²) in [7, 11) is 1.90. The van der Waals surface area contributed by atoms with Gasteiger partial charge in [0.25, 0.3) is 0 Å². The van der Waals surface area contributed by atoms with Crippen molar-refractivity contribution in [3.05, 3.63) is 12.5 Å². The fourth-order valence-corrected chi connectivity index (χ4v) is 2.84. The lowest BCUT2D eigenvalue weighted by molar-refractivity contribution is 0.358. The summed E-state index contributed by atoms with van der Waals surface area (Å²) >= 11 is 0. The van der Waals surface area contributed by atoms with E-state index in [0.717, 1.165) is 22.8 Å². The number of nitrogens with zero attached hydrogens (tertiary/aromatic N) is 4. The van der Waals surface area contributed by atoms with Gasteiger partial charge in [-0.15, -0.1) is 0 Å². The van der Waals surface area contributed by atoms with Crippen molar-refractivity contribution in [2.45, 2.75) is 38.6 Å². The number of fused-ring (bicyclic) bond motifs is 1. The molecule has 0 radical (unpaired) electrons. The zero-order chi connectivity index (χ0) is 12.5. The SMILES string of the molecule is C[C@H]1CCC[C@H](Nc2ncnc3c2cnn3C)C1. The van der Waals surface area contributed by atoms with Gasteiger partial charge in [0, 0.05) is 13.1 Å². The predicted octanol–water partition coefficient (Wildman–Crippen LogP) is 2.35. The van der Waals surface area contributed by atoms with E-state index in [1.807, 2.05) is 13.2 Å². The Labute approximate surface area is 107 Å². The summed E-state index contributed by atoms with van der Waals surface area (Å²) in [4.78, 5) is 8.62. The van der Waals surface area contributed by atoms with E-state index >= 15 is 0 Å². The van der Waals surface area contributed by atoms with Crippen molar-refractivity contribution in [1.82, 2.24) is 19.7 Å². The molecule has 2 atom stereocenters. The van der Waals surface area contributed by atoms with Gasteiger partial charge in [0.05, 0.1) is 11.6 Å². The van der Waals surface area contributed by atoms with Crippen LogP contribution >= 0.6 is 0 Å². The van der Waals surface area contributed by atoms with Crippen molar-refractivity contribution in [3.63, 3.8) is 0 Å². The number of hydrogen-bond acceptors (Lipinski definition) is 4. The summed E-state index contributed by atoms with van der Waals surface area (Å²) in [5.74, 6) is 1.73. The fourth-order valence-electron chi connectivity index (χ4n) is 2.84. The van der Waals surface area contributed by atoms with Gasteiger partial charge < -0.3 is 5.32 Å². The summed E-state index contributed by atoms with van der Waals surface area (Å²) in [6.07, 6.45) is 8.56. The Hall–Kier alpha value is -1.65. The molecule has 1 aliphatic carbocycles. The van der Waals surface area contributed by atoms with E-state index in [-0.39, 0.29) is 0 Å². The minimum absolute atomic E-state index is 0.534. The standard InChI is InChI=1S/C13H19N5/c1-9-4-3-5-10(6-9)17-12-11-7-16-18(2)13(11)15-8-14-12/h7-10H,3-6H2,1-2H3,(H,14,15,17)/t9-,10-/m0/s1. The van der Waals surface area contributed by atoms with Gasteiger partial charge in [-0.25, -0.2) is 9.97 Å². The van der Waals surface area contributed by atoms with E-state index < -0.39 is 0 Å². The quantitative estimate of drug-likeness (QED) is 0.882. The van der Waals surface area contributed by atoms with Crippen LogP contribution in [0.5, 0.6) is 0 Å². The largest absolute Gasteiger partial charge is 0.367 e. The molecule has 2 aromatic rings. The van der Waals surface area contributed by atoms with E-state index in [9.17, 15) is 0 Å². The normalized spacial score (nSPS) is 24.3. The molecule has 0 aliphatic heterocycles. The zero-order valence-electron chi connectivity index (χ0n) is 10.9. The first kappa shape index (κ1) is 11.4. The summed E-state index contributed by atoms with van der Waals surface area (Å²) in [6.45, 7) is 2.33. The maximum atomic E-state index is 4.36. The molecule has 1 aliphatic rings. The summed E-state index contributed by atoms with van der Waals surface area (Å²) < 4.78 is 1.78. The van der Waals surface area contributed by atoms with Gasteiger partial charge in [-0.05, 0) is 18.8 Å². The maximum Gasteiger partial charge on any atom is 0.163 e. The van der Waals surface area contributed by atoms with Gasteiger partial charge in [0.15, 0.2) is 5.65 Å². The molecule has 96 valence electrons. The van der Waals surface area contributed by atoms with Crippen LogP contribution in [-0.4, -0.2) is 25.8 Å². The fraction of sp³-hybridized carbons (Fsp3) is 0.615. The molecule has 5 heteroatoms. The van der Waals surface area contributed by atoms with E-state index in [4.69, 9.17) is 0 Å². The highest BCUT2D eigenvalue weighted by atomic mass is 15.3. The minimum Gasteiger partial charge on any atom is -0.367 e. The Kier molecular flexibility index (Phi) is 2.89. The molecule has 0 bridgehead atoms. The van der Waals surface area contributed by atoms with Crippen molar-refractivity contribution in [1.29, 1.82) is 0 Å². The first-order valence-corrected chi connectivity index (χ1v) is 6.63. The molecule has 3 rings (SSSR count). The van der Waals surface area contributed by atoms with Crippen LogP contribution in [0.2, 0.25) is 0 Å². The molecular weight excluding hydrogens is 226 g/mol. The molecule has 5 nitrogen and oxygen atoms in total. The van der Waals surface area contributed by atoms with Crippen molar-refractivity contribution in [2.75, 3.05) is 5.32 Å². The van der Waals surface area contributed by atoms with Crippen molar-refractivity contribution >= 4 is 16.9 Å².